The number of aryl methyl sites for hydroxylation is 2. The highest BCUT2D eigenvalue weighted by molar-refractivity contribution is 6.29. The van der Waals surface area contributed by atoms with E-state index in [1.807, 2.05) is 0 Å². The van der Waals surface area contributed by atoms with Crippen molar-refractivity contribution in [2.75, 3.05) is 23.1 Å². The number of rotatable bonds is 8. The molecule has 0 spiro atoms. The Hall–Kier alpha value is -3.27. The second kappa shape index (κ2) is 9.09. The minimum absolute atomic E-state index is 0.00990. The molecule has 0 saturated heterocycles. The van der Waals surface area contributed by atoms with E-state index in [-0.39, 0.29) is 36.5 Å². The first kappa shape index (κ1) is 21.0. The summed E-state index contributed by atoms with van der Waals surface area (Å²) in [5, 5.41) is 15.1. The van der Waals surface area contributed by atoms with Gasteiger partial charge in [-0.2, -0.15) is 0 Å². The van der Waals surface area contributed by atoms with Gasteiger partial charge in [-0.05, 0) is 12.1 Å². The molecule has 0 unspecified atom stereocenters. The fraction of sp³-hybridized carbons (Fsp3) is 0.294. The second-order valence-electron chi connectivity index (χ2n) is 6.12. The zero-order valence-corrected chi connectivity index (χ0v) is 16.3. The number of halogens is 1. The molecule has 150 valence electrons. The molecule has 0 atom stereocenters. The van der Waals surface area contributed by atoms with Crippen molar-refractivity contribution in [3.8, 4) is 0 Å². The molecule has 2 heterocycles. The van der Waals surface area contributed by atoms with Gasteiger partial charge in [-0.1, -0.05) is 0 Å². The first-order chi connectivity index (χ1) is 13.2. The molecule has 10 nitrogen and oxygen atoms in total. The first-order valence-electron chi connectivity index (χ1n) is 8.32. The smallest absolute Gasteiger partial charge is 0.272 e. The molecule has 0 fully saturated rings. The Morgan fingerprint density at radius 3 is 2.11 bits per heavy atom. The van der Waals surface area contributed by atoms with Crippen LogP contribution in [0.4, 0.5) is 11.4 Å². The summed E-state index contributed by atoms with van der Waals surface area (Å²) in [6.45, 7) is 0.251. The fourth-order valence-electron chi connectivity index (χ4n) is 2.51. The molecule has 6 N–H and O–H groups in total. The summed E-state index contributed by atoms with van der Waals surface area (Å²) >= 11 is 5.46. The van der Waals surface area contributed by atoms with Crippen molar-refractivity contribution >= 4 is 46.5 Å². The number of anilines is 2. The molecule has 0 saturated carbocycles. The topological polar surface area (TPSA) is 147 Å². The standard InChI is InChI=1S/C17H22ClN7O3/c1-24-9-11(6-12(24)16(27)21-4-3-14(19)20)23-17(28)13-5-10(8-25(13)2)22-15(26)7-18/h5-6,8-9H,3-4,7H2,1-2H3,(H3,19,20)(H,21,27)(H,22,26)(H,23,28). The molecular weight excluding hydrogens is 386 g/mol. The van der Waals surface area contributed by atoms with Gasteiger partial charge in [0.25, 0.3) is 11.8 Å². The quantitative estimate of drug-likeness (QED) is 0.250. The number of carbonyl (C=O) groups is 3. The van der Waals surface area contributed by atoms with Crippen LogP contribution in [0, 0.1) is 5.41 Å². The number of alkyl halides is 1. The average Bonchev–Trinajstić information content (AvgIpc) is 3.16. The number of hydrogen-bond acceptors (Lipinski definition) is 4. The van der Waals surface area contributed by atoms with Crippen molar-refractivity contribution in [1.29, 1.82) is 5.41 Å². The van der Waals surface area contributed by atoms with Crippen molar-refractivity contribution in [2.24, 2.45) is 19.8 Å². The van der Waals surface area contributed by atoms with E-state index < -0.39 is 5.91 Å². The lowest BCUT2D eigenvalue weighted by Crippen LogP contribution is -2.28. The van der Waals surface area contributed by atoms with Gasteiger partial charge in [0, 0.05) is 39.5 Å². The Balaban J connectivity index is 2.06. The Labute approximate surface area is 166 Å². The molecule has 3 amide bonds. The van der Waals surface area contributed by atoms with E-state index in [0.717, 1.165) is 0 Å². The summed E-state index contributed by atoms with van der Waals surface area (Å²) in [6.07, 6.45) is 3.46. The van der Waals surface area contributed by atoms with Gasteiger partial charge in [0.2, 0.25) is 5.91 Å². The maximum absolute atomic E-state index is 12.5. The predicted molar refractivity (Wildman–Crippen MR) is 107 cm³/mol. The minimum atomic E-state index is -0.400. The maximum atomic E-state index is 12.5. The number of hydrogen-bond donors (Lipinski definition) is 5. The average molecular weight is 408 g/mol. The van der Waals surface area contributed by atoms with Crippen LogP contribution in [0.15, 0.2) is 24.5 Å². The zero-order valence-electron chi connectivity index (χ0n) is 15.5. The van der Waals surface area contributed by atoms with Crippen molar-refractivity contribution < 1.29 is 14.4 Å². The van der Waals surface area contributed by atoms with E-state index >= 15 is 0 Å². The summed E-state index contributed by atoms with van der Waals surface area (Å²) in [6, 6.07) is 3.07. The molecule has 2 aromatic heterocycles. The Morgan fingerprint density at radius 1 is 1.04 bits per heavy atom. The Morgan fingerprint density at radius 2 is 1.57 bits per heavy atom. The lowest BCUT2D eigenvalue weighted by atomic mass is 10.3. The minimum Gasteiger partial charge on any atom is -0.388 e. The molecular formula is C17H22ClN7O3. The number of nitrogens with zero attached hydrogens (tertiary/aromatic N) is 2. The van der Waals surface area contributed by atoms with Gasteiger partial charge in [-0.25, -0.2) is 0 Å². The van der Waals surface area contributed by atoms with Crippen LogP contribution in [0.25, 0.3) is 0 Å². The monoisotopic (exact) mass is 407 g/mol. The van der Waals surface area contributed by atoms with Gasteiger partial charge in [-0.3, -0.25) is 19.8 Å². The third-order valence-electron chi connectivity index (χ3n) is 3.82. The zero-order chi connectivity index (χ0) is 20.8. The van der Waals surface area contributed by atoms with Crippen LogP contribution in [-0.4, -0.2) is 45.1 Å². The predicted octanol–water partition coefficient (Wildman–Crippen LogP) is 0.849. The van der Waals surface area contributed by atoms with E-state index in [1.165, 1.54) is 6.07 Å². The highest BCUT2D eigenvalue weighted by atomic mass is 35.5. The number of amides is 3. The molecule has 2 rings (SSSR count). The number of nitrogens with one attached hydrogen (secondary N) is 4. The summed E-state index contributed by atoms with van der Waals surface area (Å²) in [4.78, 5) is 36.1. The maximum Gasteiger partial charge on any atom is 0.272 e. The number of amidine groups is 1. The van der Waals surface area contributed by atoms with Gasteiger partial charge >= 0.3 is 0 Å². The van der Waals surface area contributed by atoms with Crippen LogP contribution in [0.2, 0.25) is 0 Å². The third kappa shape index (κ3) is 5.36. The van der Waals surface area contributed by atoms with Crippen molar-refractivity contribution in [3.05, 3.63) is 35.9 Å². The van der Waals surface area contributed by atoms with Gasteiger partial charge in [0.15, 0.2) is 0 Å². The van der Waals surface area contributed by atoms with E-state index in [9.17, 15) is 14.4 Å². The molecule has 28 heavy (non-hydrogen) atoms. The summed E-state index contributed by atoms with van der Waals surface area (Å²) in [5.74, 6) is -1.30. The van der Waals surface area contributed by atoms with Crippen LogP contribution in [0.3, 0.4) is 0 Å². The number of aromatic nitrogens is 2. The molecule has 11 heteroatoms. The van der Waals surface area contributed by atoms with Crippen LogP contribution in [0.5, 0.6) is 0 Å². The van der Waals surface area contributed by atoms with E-state index in [0.29, 0.717) is 22.8 Å². The van der Waals surface area contributed by atoms with Gasteiger partial charge in [0.05, 0.1) is 17.2 Å². The normalized spacial score (nSPS) is 10.4. The van der Waals surface area contributed by atoms with Crippen LogP contribution < -0.4 is 21.7 Å². The summed E-state index contributed by atoms with van der Waals surface area (Å²) < 4.78 is 3.15. The summed E-state index contributed by atoms with van der Waals surface area (Å²) in [5.41, 5.74) is 6.82. The van der Waals surface area contributed by atoms with E-state index in [2.05, 4.69) is 16.0 Å². The molecule has 0 aromatic carbocycles. The van der Waals surface area contributed by atoms with Crippen LogP contribution in [0.1, 0.15) is 27.4 Å². The summed E-state index contributed by atoms with van der Waals surface area (Å²) in [7, 11) is 3.35. The van der Waals surface area contributed by atoms with E-state index in [1.54, 1.807) is 41.7 Å². The Bertz CT molecular complexity index is 916. The Kier molecular flexibility index (Phi) is 6.83. The van der Waals surface area contributed by atoms with Crippen LogP contribution >= 0.6 is 11.6 Å². The molecule has 0 aliphatic carbocycles. The van der Waals surface area contributed by atoms with Crippen molar-refractivity contribution in [3.63, 3.8) is 0 Å². The highest BCUT2D eigenvalue weighted by Gasteiger charge is 2.16. The number of nitrogens with two attached hydrogens (primary N) is 1. The van der Waals surface area contributed by atoms with Crippen molar-refractivity contribution in [2.45, 2.75) is 6.42 Å². The lowest BCUT2D eigenvalue weighted by Gasteiger charge is -2.04. The molecule has 0 radical (unpaired) electrons. The molecule has 0 aliphatic rings. The highest BCUT2D eigenvalue weighted by Crippen LogP contribution is 2.17. The molecule has 2 aromatic rings. The van der Waals surface area contributed by atoms with Gasteiger partial charge in [-0.15, -0.1) is 11.6 Å². The van der Waals surface area contributed by atoms with Gasteiger partial charge in [0.1, 0.15) is 17.3 Å². The lowest BCUT2D eigenvalue weighted by molar-refractivity contribution is -0.113. The molecule has 0 aliphatic heterocycles. The van der Waals surface area contributed by atoms with E-state index in [4.69, 9.17) is 22.7 Å². The second-order valence-corrected chi connectivity index (χ2v) is 6.38. The third-order valence-corrected chi connectivity index (χ3v) is 4.06. The molecule has 0 bridgehead atoms. The largest absolute Gasteiger partial charge is 0.388 e. The van der Waals surface area contributed by atoms with Gasteiger partial charge < -0.3 is 30.8 Å². The fourth-order valence-corrected chi connectivity index (χ4v) is 2.57. The number of carbonyl (C=O) groups excluding carboxylic acids is 3. The van der Waals surface area contributed by atoms with Crippen LogP contribution in [-0.2, 0) is 18.9 Å². The SMILES string of the molecule is Cn1cc(NC(=O)c2cc(NC(=O)CCl)cn2C)cc1C(=O)NCCC(=N)N. The first-order valence-corrected chi connectivity index (χ1v) is 8.85. The van der Waals surface area contributed by atoms with Crippen molar-refractivity contribution in [1.82, 2.24) is 14.5 Å².